The highest BCUT2D eigenvalue weighted by Gasteiger charge is 2.27. The number of carbonyl (C=O) groups excluding carboxylic acids is 1. The molecule has 1 unspecified atom stereocenters. The lowest BCUT2D eigenvalue weighted by molar-refractivity contribution is -0.112. The highest BCUT2D eigenvalue weighted by Crippen LogP contribution is 2.22. The fraction of sp³-hybridized carbons (Fsp3) is 0.364. The second-order valence-corrected chi connectivity index (χ2v) is 6.11. The molecule has 0 saturated carbocycles. The number of hydrogen-bond acceptors (Lipinski definition) is 3. The summed E-state index contributed by atoms with van der Waals surface area (Å²) in [6, 6.07) is 5.97. The zero-order valence-corrected chi connectivity index (χ0v) is 11.4. The molecule has 0 aliphatic rings. The van der Waals surface area contributed by atoms with Gasteiger partial charge in [0.15, 0.2) is 0 Å². The Kier molecular flexibility index (Phi) is 4.16. The van der Waals surface area contributed by atoms with Gasteiger partial charge in [0.1, 0.15) is 6.04 Å². The Labute approximate surface area is 106 Å². The highest BCUT2D eigenvalue weighted by molar-refractivity contribution is 7.92. The lowest BCUT2D eigenvalue weighted by atomic mass is 10.2. The van der Waals surface area contributed by atoms with Crippen molar-refractivity contribution in [2.45, 2.75) is 19.9 Å². The average molecular weight is 276 g/mol. The van der Waals surface area contributed by atoms with E-state index in [4.69, 9.17) is 11.6 Å². The normalized spacial score (nSPS) is 13.2. The number of nitrogens with zero attached hydrogens (tertiary/aromatic N) is 1. The molecule has 0 aliphatic heterocycles. The fourth-order valence-corrected chi connectivity index (χ4v) is 2.88. The van der Waals surface area contributed by atoms with Crippen LogP contribution in [0.5, 0.6) is 0 Å². The van der Waals surface area contributed by atoms with E-state index in [2.05, 4.69) is 0 Å². The molecule has 0 amide bonds. The number of sulfonamides is 1. The van der Waals surface area contributed by atoms with Crippen LogP contribution in [0.2, 0.25) is 0 Å². The topological polar surface area (TPSA) is 54.5 Å². The van der Waals surface area contributed by atoms with Crippen LogP contribution in [0.15, 0.2) is 24.3 Å². The van der Waals surface area contributed by atoms with Crippen molar-refractivity contribution < 1.29 is 13.2 Å². The van der Waals surface area contributed by atoms with Gasteiger partial charge >= 0.3 is 0 Å². The monoisotopic (exact) mass is 275 g/mol. The van der Waals surface area contributed by atoms with Crippen LogP contribution in [-0.2, 0) is 14.8 Å². The van der Waals surface area contributed by atoms with Crippen LogP contribution in [-0.4, -0.2) is 26.0 Å². The molecule has 4 nitrogen and oxygen atoms in total. The van der Waals surface area contributed by atoms with E-state index in [1.54, 1.807) is 18.2 Å². The van der Waals surface area contributed by atoms with Crippen LogP contribution in [0.4, 0.5) is 5.69 Å². The van der Waals surface area contributed by atoms with Gasteiger partial charge in [-0.05, 0) is 43.1 Å². The summed E-state index contributed by atoms with van der Waals surface area (Å²) in [4.78, 5) is 11.1. The van der Waals surface area contributed by atoms with Gasteiger partial charge in [-0.2, -0.15) is 0 Å². The zero-order valence-electron chi connectivity index (χ0n) is 9.84. The molecule has 0 radical (unpaired) electrons. The van der Waals surface area contributed by atoms with Crippen molar-refractivity contribution in [3.05, 3.63) is 29.8 Å². The number of anilines is 1. The first-order valence-electron chi connectivity index (χ1n) is 4.99. The molecule has 1 rings (SSSR count). The van der Waals surface area contributed by atoms with E-state index in [1.807, 2.05) is 13.0 Å². The molecule has 6 heteroatoms. The number of carbonyl (C=O) groups is 1. The summed E-state index contributed by atoms with van der Waals surface area (Å²) in [5.41, 5.74) is 1.35. The van der Waals surface area contributed by atoms with E-state index in [1.165, 1.54) is 6.92 Å². The molecular formula is C11H14ClNO3S. The Balaban J connectivity index is 3.30. The van der Waals surface area contributed by atoms with Gasteiger partial charge in [0.25, 0.3) is 0 Å². The van der Waals surface area contributed by atoms with Crippen LogP contribution < -0.4 is 4.31 Å². The quantitative estimate of drug-likeness (QED) is 0.789. The summed E-state index contributed by atoms with van der Waals surface area (Å²) in [7, 11) is -3.55. The molecule has 1 atom stereocenters. The third kappa shape index (κ3) is 3.44. The van der Waals surface area contributed by atoms with Crippen LogP contribution in [0.1, 0.15) is 12.5 Å². The van der Waals surface area contributed by atoms with Gasteiger partial charge in [0, 0.05) is 0 Å². The van der Waals surface area contributed by atoms with Crippen molar-refractivity contribution >= 4 is 32.6 Å². The van der Waals surface area contributed by atoms with Crippen LogP contribution in [0, 0.1) is 6.92 Å². The molecule has 0 N–H and O–H groups in total. The van der Waals surface area contributed by atoms with E-state index in [0.29, 0.717) is 5.69 Å². The lowest BCUT2D eigenvalue weighted by Gasteiger charge is -2.26. The van der Waals surface area contributed by atoms with Crippen molar-refractivity contribution in [3.63, 3.8) is 0 Å². The predicted molar refractivity (Wildman–Crippen MR) is 68.8 cm³/mol. The second-order valence-electron chi connectivity index (χ2n) is 3.88. The first kappa shape index (κ1) is 14.0. The molecule has 1 aromatic rings. The van der Waals surface area contributed by atoms with Crippen molar-refractivity contribution in [3.8, 4) is 0 Å². The minimum absolute atomic E-state index is 0.439. The molecule has 1 aromatic carbocycles. The van der Waals surface area contributed by atoms with Crippen LogP contribution in [0.25, 0.3) is 0 Å². The maximum absolute atomic E-state index is 11.7. The summed E-state index contributed by atoms with van der Waals surface area (Å²) < 4.78 is 24.4. The van der Waals surface area contributed by atoms with Gasteiger partial charge in [-0.25, -0.2) is 8.42 Å². The Bertz CT molecular complexity index is 527. The Morgan fingerprint density at radius 3 is 2.41 bits per heavy atom. The number of halogens is 1. The smallest absolute Gasteiger partial charge is 0.245 e. The predicted octanol–water partition coefficient (Wildman–Crippen LogP) is 1.91. The van der Waals surface area contributed by atoms with E-state index in [0.717, 1.165) is 16.1 Å². The molecular weight excluding hydrogens is 262 g/mol. The first-order valence-corrected chi connectivity index (χ1v) is 7.21. The average Bonchev–Trinajstić information content (AvgIpc) is 2.15. The summed E-state index contributed by atoms with van der Waals surface area (Å²) >= 11 is 5.37. The summed E-state index contributed by atoms with van der Waals surface area (Å²) in [5.74, 6) is 0. The third-order valence-corrected chi connectivity index (χ3v) is 3.85. The molecule has 0 saturated heterocycles. The molecule has 0 heterocycles. The van der Waals surface area contributed by atoms with Crippen LogP contribution >= 0.6 is 11.6 Å². The Morgan fingerprint density at radius 1 is 1.41 bits per heavy atom. The maximum atomic E-state index is 11.7. The zero-order chi connectivity index (χ0) is 13.2. The van der Waals surface area contributed by atoms with Gasteiger partial charge in [0.05, 0.1) is 11.9 Å². The Hall–Kier alpha value is -1.07. The highest BCUT2D eigenvalue weighted by atomic mass is 35.5. The number of rotatable bonds is 4. The Morgan fingerprint density at radius 2 is 2.00 bits per heavy atom. The van der Waals surface area contributed by atoms with Crippen molar-refractivity contribution in [1.82, 2.24) is 0 Å². The first-order chi connectivity index (χ1) is 7.73. The second kappa shape index (κ2) is 5.06. The fourth-order valence-electron chi connectivity index (χ4n) is 1.56. The number of hydrogen-bond donors (Lipinski definition) is 0. The summed E-state index contributed by atoms with van der Waals surface area (Å²) in [6.45, 7) is 3.30. The van der Waals surface area contributed by atoms with Gasteiger partial charge in [-0.15, -0.1) is 0 Å². The maximum Gasteiger partial charge on any atom is 0.245 e. The SMILES string of the molecule is Cc1cccc(N(C(C)C(=O)Cl)S(C)(=O)=O)c1. The number of aryl methyl sites for hydroxylation is 1. The van der Waals surface area contributed by atoms with Gasteiger partial charge < -0.3 is 0 Å². The molecule has 0 bridgehead atoms. The van der Waals surface area contributed by atoms with E-state index in [9.17, 15) is 13.2 Å². The van der Waals surface area contributed by atoms with E-state index in [-0.39, 0.29) is 0 Å². The summed E-state index contributed by atoms with van der Waals surface area (Å²) in [6.07, 6.45) is 1.05. The molecule has 94 valence electrons. The molecule has 0 fully saturated rings. The summed E-state index contributed by atoms with van der Waals surface area (Å²) in [5, 5.41) is -0.711. The minimum Gasteiger partial charge on any atom is -0.279 e. The number of benzene rings is 1. The standard InChI is InChI=1S/C11H14ClNO3S/c1-8-5-4-6-10(7-8)13(17(3,15)16)9(2)11(12)14/h4-7,9H,1-3H3. The molecule has 0 aliphatic carbocycles. The van der Waals surface area contributed by atoms with E-state index >= 15 is 0 Å². The van der Waals surface area contributed by atoms with Crippen molar-refractivity contribution in [1.29, 1.82) is 0 Å². The van der Waals surface area contributed by atoms with Gasteiger partial charge in [0.2, 0.25) is 15.3 Å². The van der Waals surface area contributed by atoms with E-state index < -0.39 is 21.3 Å². The molecule has 0 spiro atoms. The van der Waals surface area contributed by atoms with Gasteiger partial charge in [-0.3, -0.25) is 9.10 Å². The van der Waals surface area contributed by atoms with Gasteiger partial charge in [-0.1, -0.05) is 12.1 Å². The van der Waals surface area contributed by atoms with Crippen molar-refractivity contribution in [2.75, 3.05) is 10.6 Å². The third-order valence-electron chi connectivity index (χ3n) is 2.29. The van der Waals surface area contributed by atoms with Crippen LogP contribution in [0.3, 0.4) is 0 Å². The minimum atomic E-state index is -3.55. The largest absolute Gasteiger partial charge is 0.279 e. The van der Waals surface area contributed by atoms with Crippen molar-refractivity contribution in [2.24, 2.45) is 0 Å². The molecule has 17 heavy (non-hydrogen) atoms. The lowest BCUT2D eigenvalue weighted by Crippen LogP contribution is -2.41. The molecule has 0 aromatic heterocycles.